The first-order valence-electron chi connectivity index (χ1n) is 9.58. The molecule has 0 aromatic heterocycles. The zero-order chi connectivity index (χ0) is 20.7. The maximum absolute atomic E-state index is 12.7. The quantitative estimate of drug-likeness (QED) is 0.596. The van der Waals surface area contributed by atoms with Crippen molar-refractivity contribution in [1.82, 2.24) is 5.32 Å². The average molecular weight is 405 g/mol. The van der Waals surface area contributed by atoms with Crippen LogP contribution >= 0.6 is 0 Å². The Labute approximate surface area is 168 Å². The van der Waals surface area contributed by atoms with Crippen molar-refractivity contribution >= 4 is 21.6 Å². The van der Waals surface area contributed by atoms with Crippen LogP contribution in [0.25, 0.3) is 0 Å². The second-order valence-electron chi connectivity index (χ2n) is 6.91. The van der Waals surface area contributed by atoms with Gasteiger partial charge >= 0.3 is 0 Å². The largest absolute Gasteiger partial charge is 0.346 e. The van der Waals surface area contributed by atoms with Crippen molar-refractivity contribution in [2.45, 2.75) is 32.6 Å². The average Bonchev–Trinajstić information content (AvgIpc) is 2.67. The predicted molar refractivity (Wildman–Crippen MR) is 112 cm³/mol. The third-order valence-corrected chi connectivity index (χ3v) is 6.32. The molecule has 1 amide bonds. The van der Waals surface area contributed by atoms with Crippen LogP contribution in [0.4, 0.5) is 5.69 Å². The van der Waals surface area contributed by atoms with E-state index >= 15 is 0 Å². The molecule has 2 rings (SSSR count). The fourth-order valence-electron chi connectivity index (χ4n) is 2.96. The number of carbonyl (C=O) groups excluding carboxylic acids is 1. The summed E-state index contributed by atoms with van der Waals surface area (Å²) in [6.07, 6.45) is 0. The molecule has 3 N–H and O–H groups in total. The lowest BCUT2D eigenvalue weighted by atomic mass is 10.2. The summed E-state index contributed by atoms with van der Waals surface area (Å²) in [5.41, 5.74) is 2.49. The highest BCUT2D eigenvalue weighted by atomic mass is 32.2. The van der Waals surface area contributed by atoms with Gasteiger partial charge in [-0.05, 0) is 69.2 Å². The molecule has 0 fully saturated rings. The van der Waals surface area contributed by atoms with Gasteiger partial charge in [0.1, 0.15) is 0 Å². The number of hydrogen-bond acceptors (Lipinski definition) is 3. The summed E-state index contributed by atoms with van der Waals surface area (Å²) in [6, 6.07) is 11.8. The van der Waals surface area contributed by atoms with Gasteiger partial charge in [0, 0.05) is 11.3 Å². The van der Waals surface area contributed by atoms with E-state index in [4.69, 9.17) is 0 Å². The first kappa shape index (κ1) is 21.9. The van der Waals surface area contributed by atoms with Crippen molar-refractivity contribution in [2.75, 3.05) is 30.9 Å². The number of sulfonamides is 1. The van der Waals surface area contributed by atoms with Gasteiger partial charge in [0.2, 0.25) is 0 Å². The van der Waals surface area contributed by atoms with E-state index in [1.807, 2.05) is 13.0 Å². The lowest BCUT2D eigenvalue weighted by Crippen LogP contribution is -3.12. The fourth-order valence-corrected chi connectivity index (χ4v) is 4.34. The zero-order valence-electron chi connectivity index (χ0n) is 17.0. The maximum atomic E-state index is 12.7. The van der Waals surface area contributed by atoms with E-state index in [0.717, 1.165) is 25.2 Å². The van der Waals surface area contributed by atoms with Crippen LogP contribution in [0.15, 0.2) is 47.4 Å². The molecular formula is C21H30N3O3S+. The number of aryl methyl sites for hydroxylation is 2. The van der Waals surface area contributed by atoms with Crippen LogP contribution in [0.1, 0.15) is 35.3 Å². The highest BCUT2D eigenvalue weighted by Gasteiger charge is 2.17. The number of anilines is 1. The molecule has 0 aliphatic heterocycles. The Morgan fingerprint density at radius 2 is 1.64 bits per heavy atom. The Kier molecular flexibility index (Phi) is 7.60. The van der Waals surface area contributed by atoms with E-state index in [2.05, 4.69) is 23.9 Å². The van der Waals surface area contributed by atoms with E-state index in [-0.39, 0.29) is 10.8 Å². The minimum atomic E-state index is -3.68. The van der Waals surface area contributed by atoms with Crippen LogP contribution < -0.4 is 14.9 Å². The molecule has 2 aromatic carbocycles. The third kappa shape index (κ3) is 5.81. The summed E-state index contributed by atoms with van der Waals surface area (Å²) in [5.74, 6) is -0.157. The molecule has 6 nitrogen and oxygen atoms in total. The Morgan fingerprint density at radius 1 is 1.00 bits per heavy atom. The molecule has 0 saturated heterocycles. The van der Waals surface area contributed by atoms with Gasteiger partial charge in [0.25, 0.3) is 15.9 Å². The highest BCUT2D eigenvalue weighted by molar-refractivity contribution is 7.92. The lowest BCUT2D eigenvalue weighted by Gasteiger charge is -2.15. The summed E-state index contributed by atoms with van der Waals surface area (Å²) in [7, 11) is -3.68. The Morgan fingerprint density at radius 3 is 2.25 bits per heavy atom. The van der Waals surface area contributed by atoms with E-state index < -0.39 is 10.0 Å². The van der Waals surface area contributed by atoms with Gasteiger partial charge in [0.15, 0.2) is 0 Å². The molecule has 0 heterocycles. The van der Waals surface area contributed by atoms with Crippen LogP contribution in [-0.4, -0.2) is 40.5 Å². The summed E-state index contributed by atoms with van der Waals surface area (Å²) in [6.45, 7) is 11.4. The summed E-state index contributed by atoms with van der Waals surface area (Å²) in [4.78, 5) is 13.9. The molecule has 7 heteroatoms. The highest BCUT2D eigenvalue weighted by Crippen LogP contribution is 2.21. The Hall–Kier alpha value is -2.38. The minimum Gasteiger partial charge on any atom is -0.346 e. The zero-order valence-corrected chi connectivity index (χ0v) is 17.8. The number of amides is 1. The van der Waals surface area contributed by atoms with E-state index in [1.54, 1.807) is 43.3 Å². The number of rotatable bonds is 9. The Bertz CT molecular complexity index is 905. The van der Waals surface area contributed by atoms with Crippen LogP contribution in [0.5, 0.6) is 0 Å². The van der Waals surface area contributed by atoms with Gasteiger partial charge in [-0.3, -0.25) is 9.52 Å². The molecule has 0 atom stereocenters. The molecule has 28 heavy (non-hydrogen) atoms. The van der Waals surface area contributed by atoms with Crippen molar-refractivity contribution in [3.8, 4) is 0 Å². The molecular weight excluding hydrogens is 374 g/mol. The van der Waals surface area contributed by atoms with Crippen molar-refractivity contribution in [3.63, 3.8) is 0 Å². The van der Waals surface area contributed by atoms with Gasteiger partial charge in [-0.2, -0.15) is 0 Å². The third-order valence-electron chi connectivity index (χ3n) is 4.80. The summed E-state index contributed by atoms with van der Waals surface area (Å²) in [5, 5.41) is 2.91. The van der Waals surface area contributed by atoms with Crippen LogP contribution in [-0.2, 0) is 10.0 Å². The summed E-state index contributed by atoms with van der Waals surface area (Å²) >= 11 is 0. The maximum Gasteiger partial charge on any atom is 0.262 e. The second kappa shape index (κ2) is 9.71. The van der Waals surface area contributed by atoms with Crippen molar-refractivity contribution in [3.05, 3.63) is 59.2 Å². The standard InChI is InChI=1S/C21H29N3O3S/c1-5-24(6-2)14-13-22-21(25)18-9-11-19(12-10-18)23-28(26,27)20-15-16(3)7-8-17(20)4/h7-12,15,23H,5-6,13-14H2,1-4H3,(H,22,25)/p+1. The van der Waals surface area contributed by atoms with Crippen LogP contribution in [0.2, 0.25) is 0 Å². The predicted octanol–water partition coefficient (Wildman–Crippen LogP) is 1.76. The molecule has 0 spiro atoms. The van der Waals surface area contributed by atoms with E-state index in [9.17, 15) is 13.2 Å². The van der Waals surface area contributed by atoms with Crippen LogP contribution in [0, 0.1) is 13.8 Å². The topological polar surface area (TPSA) is 79.7 Å². The lowest BCUT2D eigenvalue weighted by molar-refractivity contribution is -0.895. The van der Waals surface area contributed by atoms with Gasteiger partial charge in [0.05, 0.1) is 31.1 Å². The van der Waals surface area contributed by atoms with E-state index in [1.165, 1.54) is 4.90 Å². The molecule has 0 saturated carbocycles. The van der Waals surface area contributed by atoms with Gasteiger partial charge in [-0.15, -0.1) is 0 Å². The molecule has 0 bridgehead atoms. The monoisotopic (exact) mass is 404 g/mol. The van der Waals surface area contributed by atoms with Gasteiger partial charge in [-0.25, -0.2) is 8.42 Å². The number of quaternary nitrogens is 1. The number of likely N-dealkylation sites (N-methyl/N-ethyl adjacent to an activating group) is 1. The molecule has 152 valence electrons. The number of benzene rings is 2. The normalized spacial score (nSPS) is 11.5. The number of carbonyl (C=O) groups is 1. The van der Waals surface area contributed by atoms with Gasteiger partial charge < -0.3 is 10.2 Å². The second-order valence-corrected chi connectivity index (χ2v) is 8.57. The van der Waals surface area contributed by atoms with E-state index in [0.29, 0.717) is 23.4 Å². The molecule has 2 aromatic rings. The smallest absolute Gasteiger partial charge is 0.262 e. The van der Waals surface area contributed by atoms with Crippen molar-refractivity contribution in [1.29, 1.82) is 0 Å². The Balaban J connectivity index is 2.02. The molecule has 0 aliphatic rings. The van der Waals surface area contributed by atoms with Crippen LogP contribution in [0.3, 0.4) is 0 Å². The number of hydrogen-bond donors (Lipinski definition) is 3. The molecule has 0 radical (unpaired) electrons. The first-order valence-corrected chi connectivity index (χ1v) is 11.1. The van der Waals surface area contributed by atoms with Gasteiger partial charge in [-0.1, -0.05) is 12.1 Å². The fraction of sp³-hybridized carbons (Fsp3) is 0.381. The molecule has 0 aliphatic carbocycles. The minimum absolute atomic E-state index is 0.157. The number of nitrogens with one attached hydrogen (secondary N) is 3. The summed E-state index contributed by atoms with van der Waals surface area (Å²) < 4.78 is 27.9. The SMILES string of the molecule is CC[NH+](CC)CCNC(=O)c1ccc(NS(=O)(=O)c2cc(C)ccc2C)cc1. The van der Waals surface area contributed by atoms with Crippen molar-refractivity contribution < 1.29 is 18.1 Å². The van der Waals surface area contributed by atoms with Crippen molar-refractivity contribution in [2.24, 2.45) is 0 Å². The molecule has 0 unspecified atom stereocenters. The first-order chi connectivity index (χ1) is 13.3.